The van der Waals surface area contributed by atoms with Gasteiger partial charge >= 0.3 is 0 Å². The number of fused-ring (bicyclic) bond motifs is 1. The number of carbonyl (C=O) groups is 1. The lowest BCUT2D eigenvalue weighted by molar-refractivity contribution is -0.118. The van der Waals surface area contributed by atoms with E-state index in [0.717, 1.165) is 26.6 Å². The molecule has 3 aromatic rings. The van der Waals surface area contributed by atoms with E-state index in [-0.39, 0.29) is 12.3 Å². The zero-order valence-electron chi connectivity index (χ0n) is 12.8. The smallest absolute Gasteiger partial charge is 0.233 e. The van der Waals surface area contributed by atoms with Crippen molar-refractivity contribution in [3.8, 4) is 0 Å². The summed E-state index contributed by atoms with van der Waals surface area (Å²) in [5.74, 6) is 0.710. The summed E-state index contributed by atoms with van der Waals surface area (Å²) in [5.41, 5.74) is 2.56. The minimum absolute atomic E-state index is 0.0101. The van der Waals surface area contributed by atoms with Crippen molar-refractivity contribution in [2.75, 3.05) is 11.4 Å². The van der Waals surface area contributed by atoms with Crippen LogP contribution in [0.2, 0.25) is 0 Å². The lowest BCUT2D eigenvalue weighted by atomic mass is 10.1. The summed E-state index contributed by atoms with van der Waals surface area (Å²) in [5, 5.41) is 4.64. The van der Waals surface area contributed by atoms with Crippen molar-refractivity contribution in [2.24, 2.45) is 0 Å². The maximum Gasteiger partial charge on any atom is 0.233 e. The summed E-state index contributed by atoms with van der Waals surface area (Å²) in [6.07, 6.45) is 0.283. The van der Waals surface area contributed by atoms with E-state index in [1.54, 1.807) is 4.90 Å². The summed E-state index contributed by atoms with van der Waals surface area (Å²) < 4.78 is 6.21. The molecular formula is C16H17N3O2S. The van der Waals surface area contributed by atoms with Crippen LogP contribution < -0.4 is 4.90 Å². The van der Waals surface area contributed by atoms with E-state index < -0.39 is 0 Å². The first kappa shape index (κ1) is 14.7. The van der Waals surface area contributed by atoms with Crippen LogP contribution in [-0.2, 0) is 11.2 Å². The van der Waals surface area contributed by atoms with Crippen molar-refractivity contribution < 1.29 is 9.32 Å². The molecule has 0 radical (unpaired) electrons. The highest BCUT2D eigenvalue weighted by molar-refractivity contribution is 7.22. The van der Waals surface area contributed by atoms with Gasteiger partial charge in [-0.2, -0.15) is 0 Å². The van der Waals surface area contributed by atoms with Gasteiger partial charge in [-0.05, 0) is 32.9 Å². The molecule has 0 atom stereocenters. The molecule has 0 bridgehead atoms. The molecule has 0 aliphatic rings. The molecule has 6 heteroatoms. The Labute approximate surface area is 132 Å². The molecule has 0 spiro atoms. The predicted octanol–water partition coefficient (Wildman–Crippen LogP) is 3.50. The highest BCUT2D eigenvalue weighted by Gasteiger charge is 2.21. The molecule has 3 rings (SSSR count). The third kappa shape index (κ3) is 2.62. The van der Waals surface area contributed by atoms with Gasteiger partial charge in [0.25, 0.3) is 0 Å². The largest absolute Gasteiger partial charge is 0.361 e. The number of hydrogen-bond acceptors (Lipinski definition) is 5. The maximum atomic E-state index is 12.6. The number of benzene rings is 1. The molecule has 0 N–H and O–H groups in total. The molecular weight excluding hydrogens is 298 g/mol. The highest BCUT2D eigenvalue weighted by atomic mass is 32.1. The molecule has 0 unspecified atom stereocenters. The number of carbonyl (C=O) groups excluding carboxylic acids is 1. The van der Waals surface area contributed by atoms with Crippen LogP contribution in [-0.4, -0.2) is 22.6 Å². The van der Waals surface area contributed by atoms with Gasteiger partial charge in [-0.1, -0.05) is 28.6 Å². The Hall–Kier alpha value is -2.21. The fraction of sp³-hybridized carbons (Fsp3) is 0.312. The van der Waals surface area contributed by atoms with Crippen molar-refractivity contribution in [1.82, 2.24) is 10.1 Å². The van der Waals surface area contributed by atoms with Gasteiger partial charge in [0, 0.05) is 12.1 Å². The van der Waals surface area contributed by atoms with E-state index in [9.17, 15) is 4.79 Å². The van der Waals surface area contributed by atoms with Crippen molar-refractivity contribution in [2.45, 2.75) is 27.2 Å². The van der Waals surface area contributed by atoms with Crippen molar-refractivity contribution in [1.29, 1.82) is 0 Å². The zero-order chi connectivity index (χ0) is 15.7. The average molecular weight is 315 g/mol. The topological polar surface area (TPSA) is 59.2 Å². The number of likely N-dealkylation sites (N-methyl/N-ethyl adjacent to an activating group) is 1. The molecule has 2 aromatic heterocycles. The van der Waals surface area contributed by atoms with Gasteiger partial charge in [0.1, 0.15) is 5.76 Å². The van der Waals surface area contributed by atoms with Crippen molar-refractivity contribution >= 4 is 32.6 Å². The van der Waals surface area contributed by atoms with Crippen LogP contribution in [0.4, 0.5) is 5.13 Å². The molecule has 0 aliphatic carbocycles. The third-order valence-corrected chi connectivity index (χ3v) is 4.70. The second-order valence-electron chi connectivity index (χ2n) is 5.08. The Morgan fingerprint density at radius 3 is 2.73 bits per heavy atom. The van der Waals surface area contributed by atoms with E-state index in [1.165, 1.54) is 11.3 Å². The predicted molar refractivity (Wildman–Crippen MR) is 87.3 cm³/mol. The monoisotopic (exact) mass is 315 g/mol. The van der Waals surface area contributed by atoms with Gasteiger partial charge in [-0.25, -0.2) is 4.98 Å². The second-order valence-corrected chi connectivity index (χ2v) is 6.09. The summed E-state index contributed by atoms with van der Waals surface area (Å²) in [6.45, 7) is 6.23. The molecule has 22 heavy (non-hydrogen) atoms. The number of nitrogens with zero attached hydrogens (tertiary/aromatic N) is 3. The molecule has 1 amide bonds. The molecule has 114 valence electrons. The fourth-order valence-corrected chi connectivity index (χ4v) is 3.44. The molecule has 0 saturated heterocycles. The van der Waals surface area contributed by atoms with Crippen molar-refractivity contribution in [3.05, 3.63) is 41.3 Å². The number of amides is 1. The van der Waals surface area contributed by atoms with Gasteiger partial charge in [-0.15, -0.1) is 0 Å². The first-order valence-electron chi connectivity index (χ1n) is 7.17. The fourth-order valence-electron chi connectivity index (χ4n) is 2.39. The number of para-hydroxylation sites is 1. The van der Waals surface area contributed by atoms with E-state index in [0.29, 0.717) is 12.3 Å². The molecule has 0 fully saturated rings. The minimum Gasteiger partial charge on any atom is -0.361 e. The second kappa shape index (κ2) is 5.88. The number of hydrogen-bond donors (Lipinski definition) is 0. The van der Waals surface area contributed by atoms with Crippen LogP contribution in [0.3, 0.4) is 0 Å². The number of thiazole rings is 1. The van der Waals surface area contributed by atoms with E-state index in [2.05, 4.69) is 10.1 Å². The van der Waals surface area contributed by atoms with Crippen LogP contribution in [0.25, 0.3) is 10.2 Å². The van der Waals surface area contributed by atoms with Gasteiger partial charge in [0.05, 0.1) is 22.3 Å². The Balaban J connectivity index is 1.88. The molecule has 0 aliphatic heterocycles. The number of rotatable bonds is 4. The Bertz CT molecular complexity index is 769. The first-order valence-corrected chi connectivity index (χ1v) is 7.99. The van der Waals surface area contributed by atoms with Crippen LogP contribution in [0, 0.1) is 13.8 Å². The summed E-state index contributed by atoms with van der Waals surface area (Å²) >= 11 is 1.53. The van der Waals surface area contributed by atoms with Crippen molar-refractivity contribution in [3.63, 3.8) is 0 Å². The summed E-state index contributed by atoms with van der Waals surface area (Å²) in [4.78, 5) is 18.9. The molecule has 5 nitrogen and oxygen atoms in total. The van der Waals surface area contributed by atoms with E-state index in [1.807, 2.05) is 45.0 Å². The normalized spacial score (nSPS) is 11.0. The minimum atomic E-state index is 0.0101. The quantitative estimate of drug-likeness (QED) is 0.739. The maximum absolute atomic E-state index is 12.6. The highest BCUT2D eigenvalue weighted by Crippen LogP contribution is 2.29. The number of anilines is 1. The Morgan fingerprint density at radius 1 is 1.32 bits per heavy atom. The van der Waals surface area contributed by atoms with Crippen LogP contribution in [0.15, 0.2) is 28.8 Å². The lowest BCUT2D eigenvalue weighted by Crippen LogP contribution is -2.32. The number of aromatic nitrogens is 2. The SMILES string of the molecule is CCN(C(=O)Cc1c(C)noc1C)c1nc2ccccc2s1. The lowest BCUT2D eigenvalue weighted by Gasteiger charge is -2.17. The van der Waals surface area contributed by atoms with Gasteiger partial charge in [-0.3, -0.25) is 9.69 Å². The number of aryl methyl sites for hydroxylation is 2. The Morgan fingerprint density at radius 2 is 2.09 bits per heavy atom. The zero-order valence-corrected chi connectivity index (χ0v) is 13.6. The van der Waals surface area contributed by atoms with Crippen LogP contribution in [0.5, 0.6) is 0 Å². The molecule has 0 saturated carbocycles. The first-order chi connectivity index (χ1) is 10.6. The molecule has 2 heterocycles. The summed E-state index contributed by atoms with van der Waals surface area (Å²) in [6, 6.07) is 7.91. The van der Waals surface area contributed by atoms with Crippen LogP contribution >= 0.6 is 11.3 Å². The van der Waals surface area contributed by atoms with E-state index >= 15 is 0 Å². The van der Waals surface area contributed by atoms with Gasteiger partial charge in [0.2, 0.25) is 5.91 Å². The van der Waals surface area contributed by atoms with E-state index in [4.69, 9.17) is 4.52 Å². The summed E-state index contributed by atoms with van der Waals surface area (Å²) in [7, 11) is 0. The van der Waals surface area contributed by atoms with Gasteiger partial charge < -0.3 is 4.52 Å². The van der Waals surface area contributed by atoms with Crippen LogP contribution in [0.1, 0.15) is 23.9 Å². The third-order valence-electron chi connectivity index (χ3n) is 3.64. The Kier molecular flexibility index (Phi) is 3.94. The average Bonchev–Trinajstić information content (AvgIpc) is 3.06. The standard InChI is InChI=1S/C16H17N3O2S/c1-4-19(15(20)9-12-10(2)18-21-11(12)3)16-17-13-7-5-6-8-14(13)22-16/h5-8H,4,9H2,1-3H3. The van der Waals surface area contributed by atoms with Gasteiger partial charge in [0.15, 0.2) is 5.13 Å². The molecule has 1 aromatic carbocycles.